The molecule has 2 saturated heterocycles. The zero-order valence-electron chi connectivity index (χ0n) is 16.7. The summed E-state index contributed by atoms with van der Waals surface area (Å²) in [5.41, 5.74) is -1.23. The van der Waals surface area contributed by atoms with Crippen molar-refractivity contribution in [3.63, 3.8) is 0 Å². The Morgan fingerprint density at radius 2 is 1.74 bits per heavy atom. The lowest BCUT2D eigenvalue weighted by Crippen LogP contribution is -2.42. The average Bonchev–Trinajstić information content (AvgIpc) is 3.38. The van der Waals surface area contributed by atoms with Crippen LogP contribution in [0, 0.1) is 5.92 Å². The Labute approximate surface area is 175 Å². The number of carbonyl (C=O) groups is 2. The molecular weight excluding hydrogens is 421 g/mol. The zero-order valence-corrected chi connectivity index (χ0v) is 16.7. The van der Waals surface area contributed by atoms with Crippen LogP contribution in [0.25, 0.3) is 0 Å². The molecule has 2 amide bonds. The number of aromatic nitrogens is 3. The van der Waals surface area contributed by atoms with E-state index in [-0.39, 0.29) is 31.5 Å². The van der Waals surface area contributed by atoms with Crippen molar-refractivity contribution in [3.05, 3.63) is 11.4 Å². The van der Waals surface area contributed by atoms with Gasteiger partial charge >= 0.3 is 6.18 Å². The van der Waals surface area contributed by atoms with Gasteiger partial charge in [-0.3, -0.25) is 9.59 Å². The van der Waals surface area contributed by atoms with Crippen LogP contribution >= 0.6 is 0 Å². The van der Waals surface area contributed by atoms with Crippen LogP contribution in [0.4, 0.5) is 13.2 Å². The number of alkyl halides is 3. The number of hydrogen-bond donors (Lipinski definition) is 1. The van der Waals surface area contributed by atoms with Gasteiger partial charge < -0.3 is 19.4 Å². The highest BCUT2D eigenvalue weighted by atomic mass is 19.4. The fraction of sp³-hybridized carbons (Fsp3) is 0.722. The van der Waals surface area contributed by atoms with E-state index in [1.54, 1.807) is 4.90 Å². The Bertz CT molecular complexity index is 852. The summed E-state index contributed by atoms with van der Waals surface area (Å²) in [6, 6.07) is 0. The smallest absolute Gasteiger partial charge is 0.382 e. The minimum Gasteiger partial charge on any atom is -0.382 e. The van der Waals surface area contributed by atoms with Crippen LogP contribution in [0.3, 0.4) is 0 Å². The summed E-state index contributed by atoms with van der Waals surface area (Å²) in [6.45, 7) is 2.20. The quantitative estimate of drug-likeness (QED) is 0.746. The fourth-order valence-corrected chi connectivity index (χ4v) is 4.07. The molecule has 0 radical (unpaired) electrons. The number of amides is 2. The second kappa shape index (κ2) is 8.81. The van der Waals surface area contributed by atoms with E-state index >= 15 is 0 Å². The lowest BCUT2D eigenvalue weighted by Gasteiger charge is -2.24. The van der Waals surface area contributed by atoms with E-state index in [0.717, 1.165) is 18.6 Å². The molecule has 1 N–H and O–H groups in total. The Morgan fingerprint density at radius 3 is 2.48 bits per heavy atom. The largest absolute Gasteiger partial charge is 0.437 e. The number of nitrogens with one attached hydrogen (secondary N) is 1. The number of hydrogen-bond acceptors (Lipinski definition) is 7. The second-order valence-corrected chi connectivity index (χ2v) is 7.76. The molecule has 170 valence electrons. The summed E-state index contributed by atoms with van der Waals surface area (Å²) in [4.78, 5) is 33.7. The maximum Gasteiger partial charge on any atom is 0.437 e. The third-order valence-corrected chi connectivity index (χ3v) is 5.77. The first-order valence-corrected chi connectivity index (χ1v) is 10.2. The van der Waals surface area contributed by atoms with Crippen molar-refractivity contribution in [1.29, 1.82) is 0 Å². The van der Waals surface area contributed by atoms with Gasteiger partial charge in [-0.15, -0.1) is 0 Å². The minimum absolute atomic E-state index is 0.0924. The van der Waals surface area contributed by atoms with Gasteiger partial charge in [0.05, 0.1) is 5.71 Å². The Morgan fingerprint density at radius 1 is 1.03 bits per heavy atom. The number of H-pyrrole nitrogens is 1. The van der Waals surface area contributed by atoms with Crippen molar-refractivity contribution >= 4 is 17.5 Å². The van der Waals surface area contributed by atoms with Crippen LogP contribution in [0.15, 0.2) is 5.16 Å². The lowest BCUT2D eigenvalue weighted by atomic mass is 9.91. The number of carbonyl (C=O) groups excluding carboxylic acids is 2. The molecule has 1 aromatic rings. The van der Waals surface area contributed by atoms with E-state index in [2.05, 4.69) is 15.4 Å². The summed E-state index contributed by atoms with van der Waals surface area (Å²) in [6.07, 6.45) is -2.92. The van der Waals surface area contributed by atoms with Gasteiger partial charge in [-0.25, -0.2) is 0 Å². The molecule has 10 nitrogen and oxygen atoms in total. The van der Waals surface area contributed by atoms with Crippen LogP contribution < -0.4 is 0 Å². The van der Waals surface area contributed by atoms with E-state index in [9.17, 15) is 22.8 Å². The average molecular weight is 444 g/mol. The standard InChI is InChI=1S/C18H23F3N6O4/c19-18(20,21)15-14(22-25-23-15)17(29)27-5-1-4-26(6-7-27)16(28)13-10-12(24-31-13)11-2-8-30-9-3-11/h11,13H,1-10H2,(H,22,23,25). The predicted molar refractivity (Wildman–Crippen MR) is 99.0 cm³/mol. The van der Waals surface area contributed by atoms with E-state index in [1.807, 2.05) is 5.21 Å². The molecule has 0 aromatic carbocycles. The predicted octanol–water partition coefficient (Wildman–Crippen LogP) is 1.07. The molecule has 3 aliphatic rings. The SMILES string of the molecule is O=C(c1n[nH]nc1C(F)(F)F)N1CCCN(C(=O)C2CC(C3CCOCC3)=NO2)CC1. The normalized spacial score (nSPS) is 23.3. The van der Waals surface area contributed by atoms with Gasteiger partial charge in [-0.1, -0.05) is 5.16 Å². The monoisotopic (exact) mass is 444 g/mol. The summed E-state index contributed by atoms with van der Waals surface area (Å²) in [7, 11) is 0. The van der Waals surface area contributed by atoms with Crippen LogP contribution in [-0.2, 0) is 20.5 Å². The number of ether oxygens (including phenoxy) is 1. The first-order valence-electron chi connectivity index (χ1n) is 10.2. The lowest BCUT2D eigenvalue weighted by molar-refractivity contribution is -0.142. The Kier molecular flexibility index (Phi) is 6.12. The van der Waals surface area contributed by atoms with Gasteiger partial charge in [-0.2, -0.15) is 28.6 Å². The molecule has 4 rings (SSSR count). The van der Waals surface area contributed by atoms with Crippen LogP contribution in [0.1, 0.15) is 41.9 Å². The van der Waals surface area contributed by atoms with Crippen LogP contribution in [-0.4, -0.2) is 88.2 Å². The van der Waals surface area contributed by atoms with E-state index in [4.69, 9.17) is 9.57 Å². The molecule has 31 heavy (non-hydrogen) atoms. The maximum absolute atomic E-state index is 13.0. The van der Waals surface area contributed by atoms with Crippen molar-refractivity contribution in [1.82, 2.24) is 25.2 Å². The number of oxime groups is 1. The maximum atomic E-state index is 13.0. The molecule has 13 heteroatoms. The highest BCUT2D eigenvalue weighted by molar-refractivity contribution is 5.95. The Balaban J connectivity index is 1.34. The molecule has 1 unspecified atom stereocenters. The third-order valence-electron chi connectivity index (χ3n) is 5.77. The van der Waals surface area contributed by atoms with Crippen molar-refractivity contribution in [2.45, 2.75) is 38.0 Å². The highest BCUT2D eigenvalue weighted by Crippen LogP contribution is 2.30. The van der Waals surface area contributed by atoms with Crippen LogP contribution in [0.2, 0.25) is 0 Å². The van der Waals surface area contributed by atoms with E-state index in [1.165, 1.54) is 4.90 Å². The summed E-state index contributed by atoms with van der Waals surface area (Å²) >= 11 is 0. The molecule has 0 spiro atoms. The number of rotatable bonds is 3. The number of aromatic amines is 1. The molecule has 1 atom stereocenters. The molecule has 1 aromatic heterocycles. The molecule has 2 fully saturated rings. The van der Waals surface area contributed by atoms with Gasteiger partial charge in [0.1, 0.15) is 0 Å². The molecule has 0 aliphatic carbocycles. The minimum atomic E-state index is -4.78. The van der Waals surface area contributed by atoms with Gasteiger partial charge in [0.15, 0.2) is 11.4 Å². The van der Waals surface area contributed by atoms with Crippen molar-refractivity contribution in [2.75, 3.05) is 39.4 Å². The molecular formula is C18H23F3N6O4. The topological polar surface area (TPSA) is 113 Å². The molecule has 3 aliphatic heterocycles. The van der Waals surface area contributed by atoms with Gasteiger partial charge in [-0.05, 0) is 19.3 Å². The van der Waals surface area contributed by atoms with E-state index in [0.29, 0.717) is 32.6 Å². The summed E-state index contributed by atoms with van der Waals surface area (Å²) < 4.78 is 44.4. The zero-order chi connectivity index (χ0) is 22.0. The fourth-order valence-electron chi connectivity index (χ4n) is 4.07. The highest BCUT2D eigenvalue weighted by Gasteiger charge is 2.41. The Hall–Kier alpha value is -2.70. The summed E-state index contributed by atoms with van der Waals surface area (Å²) in [5, 5.41) is 12.4. The van der Waals surface area contributed by atoms with Crippen molar-refractivity contribution in [3.8, 4) is 0 Å². The number of nitrogens with zero attached hydrogens (tertiary/aromatic N) is 5. The first kappa shape index (κ1) is 21.5. The third kappa shape index (κ3) is 4.65. The first-order chi connectivity index (χ1) is 14.8. The molecule has 4 heterocycles. The second-order valence-electron chi connectivity index (χ2n) is 7.76. The molecule has 0 saturated carbocycles. The van der Waals surface area contributed by atoms with E-state index < -0.39 is 29.6 Å². The van der Waals surface area contributed by atoms with Gasteiger partial charge in [0.25, 0.3) is 11.8 Å². The van der Waals surface area contributed by atoms with Gasteiger partial charge in [0.2, 0.25) is 6.10 Å². The summed E-state index contributed by atoms with van der Waals surface area (Å²) in [5.74, 6) is -0.829. The molecule has 0 bridgehead atoms. The van der Waals surface area contributed by atoms with Crippen molar-refractivity contribution < 1.29 is 32.3 Å². The van der Waals surface area contributed by atoms with Gasteiger partial charge in [0, 0.05) is 51.7 Å². The van der Waals surface area contributed by atoms with Crippen LogP contribution in [0.5, 0.6) is 0 Å². The van der Waals surface area contributed by atoms with Crippen molar-refractivity contribution in [2.24, 2.45) is 11.1 Å². The number of halogens is 3.